The normalized spacial score (nSPS) is 13.0. The zero-order valence-corrected chi connectivity index (χ0v) is 32.0. The van der Waals surface area contributed by atoms with Gasteiger partial charge in [-0.25, -0.2) is 4.57 Å². The molecule has 0 aliphatic rings. The maximum absolute atomic E-state index is 12.4. The monoisotopic (exact) mass is 710 g/mol. The van der Waals surface area contributed by atoms with Crippen molar-refractivity contribution in [2.75, 3.05) is 13.2 Å². The summed E-state index contributed by atoms with van der Waals surface area (Å²) in [7, 11) is -4.76. The van der Waals surface area contributed by atoms with E-state index in [1.807, 2.05) is 0 Å². The van der Waals surface area contributed by atoms with Gasteiger partial charge in [-0.2, -0.15) is 0 Å². The third-order valence-corrected chi connectivity index (χ3v) is 8.56. The van der Waals surface area contributed by atoms with Crippen LogP contribution in [0.5, 0.6) is 0 Å². The van der Waals surface area contributed by atoms with Crippen LogP contribution in [0.25, 0.3) is 0 Å². The number of ether oxygens (including phenoxy) is 2. The number of unbranched alkanes of at least 4 members (excludes halogenated alkanes) is 17. The molecule has 0 spiro atoms. The molecule has 0 aromatic rings. The first kappa shape index (κ1) is 47.0. The number of hydrogen-bond acceptors (Lipinski definition) is 6. The number of phosphoric ester groups is 1. The summed E-state index contributed by atoms with van der Waals surface area (Å²) >= 11 is 0. The molecule has 0 rings (SSSR count). The van der Waals surface area contributed by atoms with E-state index in [1.54, 1.807) is 0 Å². The van der Waals surface area contributed by atoms with Crippen LogP contribution in [0.15, 0.2) is 48.6 Å². The topological polar surface area (TPSA) is 119 Å². The van der Waals surface area contributed by atoms with Gasteiger partial charge in [0.05, 0.1) is 6.61 Å². The molecule has 0 bridgehead atoms. The van der Waals surface area contributed by atoms with Crippen molar-refractivity contribution in [3.05, 3.63) is 48.6 Å². The Hall–Kier alpha value is -1.99. The molecular weight excluding hydrogens is 639 g/mol. The van der Waals surface area contributed by atoms with Crippen molar-refractivity contribution < 1.29 is 37.9 Å². The summed E-state index contributed by atoms with van der Waals surface area (Å²) in [6, 6.07) is 0. The lowest BCUT2D eigenvalue weighted by Crippen LogP contribution is -2.29. The molecule has 0 radical (unpaired) electrons. The summed E-state index contributed by atoms with van der Waals surface area (Å²) in [5, 5.41) is 0. The van der Waals surface area contributed by atoms with Crippen molar-refractivity contribution in [3.8, 4) is 0 Å². The summed E-state index contributed by atoms with van der Waals surface area (Å²) in [4.78, 5) is 42.7. The maximum atomic E-state index is 12.4. The Morgan fingerprint density at radius 2 is 0.918 bits per heavy atom. The molecule has 0 fully saturated rings. The summed E-state index contributed by atoms with van der Waals surface area (Å²) < 4.78 is 26.3. The molecule has 9 heteroatoms. The third-order valence-electron chi connectivity index (χ3n) is 8.07. The molecule has 284 valence electrons. The maximum Gasteiger partial charge on any atom is 0.469 e. The Balaban J connectivity index is 4.02. The first-order valence-electron chi connectivity index (χ1n) is 19.4. The van der Waals surface area contributed by atoms with Gasteiger partial charge in [-0.1, -0.05) is 133 Å². The SMILES string of the molecule is CCCCC/C=C/C/C=C/C/C=C/CCCCCCC(=O)OC[C@H](COP(=O)(O)O)OC(=O)CCCCCCC/C=C/CCCCCCC. The fourth-order valence-electron chi connectivity index (χ4n) is 5.14. The van der Waals surface area contributed by atoms with E-state index in [0.717, 1.165) is 70.6 Å². The largest absolute Gasteiger partial charge is 0.469 e. The van der Waals surface area contributed by atoms with Crippen molar-refractivity contribution in [1.82, 2.24) is 0 Å². The van der Waals surface area contributed by atoms with Crippen LogP contribution in [0.1, 0.15) is 174 Å². The molecule has 0 amide bonds. The molecule has 0 aromatic heterocycles. The Labute approximate surface area is 299 Å². The van der Waals surface area contributed by atoms with Gasteiger partial charge in [0.2, 0.25) is 0 Å². The van der Waals surface area contributed by atoms with Crippen LogP contribution >= 0.6 is 7.82 Å². The minimum Gasteiger partial charge on any atom is -0.462 e. The van der Waals surface area contributed by atoms with Crippen molar-refractivity contribution in [1.29, 1.82) is 0 Å². The molecule has 0 unspecified atom stereocenters. The van der Waals surface area contributed by atoms with Gasteiger partial charge in [-0.05, 0) is 77.0 Å². The quantitative estimate of drug-likeness (QED) is 0.0289. The minimum atomic E-state index is -4.76. The molecule has 0 heterocycles. The molecule has 0 aliphatic heterocycles. The van der Waals surface area contributed by atoms with Crippen LogP contribution in [-0.4, -0.2) is 41.0 Å². The average Bonchev–Trinajstić information content (AvgIpc) is 3.07. The van der Waals surface area contributed by atoms with Crippen LogP contribution in [-0.2, 0) is 28.2 Å². The van der Waals surface area contributed by atoms with Crippen LogP contribution in [0.4, 0.5) is 0 Å². The second-order valence-corrected chi connectivity index (χ2v) is 14.1. The number of allylic oxidation sites excluding steroid dienone is 8. The predicted molar refractivity (Wildman–Crippen MR) is 202 cm³/mol. The number of hydrogen-bond donors (Lipinski definition) is 2. The first-order chi connectivity index (χ1) is 23.8. The summed E-state index contributed by atoms with van der Waals surface area (Å²) in [5.41, 5.74) is 0. The number of phosphoric acid groups is 1. The molecule has 2 N–H and O–H groups in total. The van der Waals surface area contributed by atoms with Gasteiger partial charge in [-0.3, -0.25) is 14.1 Å². The van der Waals surface area contributed by atoms with Gasteiger partial charge in [-0.15, -0.1) is 0 Å². The van der Waals surface area contributed by atoms with Gasteiger partial charge in [0.25, 0.3) is 0 Å². The summed E-state index contributed by atoms with van der Waals surface area (Å²) in [6.07, 6.45) is 42.5. The smallest absolute Gasteiger partial charge is 0.462 e. The van der Waals surface area contributed by atoms with E-state index in [-0.39, 0.29) is 19.4 Å². The van der Waals surface area contributed by atoms with E-state index in [4.69, 9.17) is 19.3 Å². The lowest BCUT2D eigenvalue weighted by atomic mass is 10.1. The molecule has 8 nitrogen and oxygen atoms in total. The van der Waals surface area contributed by atoms with Crippen LogP contribution in [0.3, 0.4) is 0 Å². The lowest BCUT2D eigenvalue weighted by Gasteiger charge is -2.18. The van der Waals surface area contributed by atoms with E-state index >= 15 is 0 Å². The van der Waals surface area contributed by atoms with Gasteiger partial charge < -0.3 is 19.3 Å². The Morgan fingerprint density at radius 3 is 1.43 bits per heavy atom. The highest BCUT2D eigenvalue weighted by Crippen LogP contribution is 2.36. The average molecular weight is 711 g/mol. The second kappa shape index (κ2) is 35.8. The van der Waals surface area contributed by atoms with Gasteiger partial charge >= 0.3 is 19.8 Å². The molecule has 49 heavy (non-hydrogen) atoms. The van der Waals surface area contributed by atoms with Crippen LogP contribution in [0, 0.1) is 0 Å². The number of carbonyl (C=O) groups excluding carboxylic acids is 2. The van der Waals surface area contributed by atoms with E-state index in [2.05, 4.69) is 67.0 Å². The van der Waals surface area contributed by atoms with E-state index in [0.29, 0.717) is 12.8 Å². The minimum absolute atomic E-state index is 0.195. The van der Waals surface area contributed by atoms with Crippen molar-refractivity contribution >= 4 is 19.8 Å². The van der Waals surface area contributed by atoms with E-state index < -0.39 is 32.5 Å². The zero-order chi connectivity index (χ0) is 36.1. The molecule has 1 atom stereocenters. The third kappa shape index (κ3) is 38.7. The van der Waals surface area contributed by atoms with Crippen molar-refractivity contribution in [3.63, 3.8) is 0 Å². The van der Waals surface area contributed by atoms with E-state index in [9.17, 15) is 14.2 Å². The highest BCUT2D eigenvalue weighted by molar-refractivity contribution is 7.46. The number of carbonyl (C=O) groups is 2. The highest BCUT2D eigenvalue weighted by atomic mass is 31.2. The van der Waals surface area contributed by atoms with Gasteiger partial charge in [0.15, 0.2) is 6.10 Å². The number of esters is 2. The Kier molecular flexibility index (Phi) is 34.4. The Morgan fingerprint density at radius 1 is 0.531 bits per heavy atom. The highest BCUT2D eigenvalue weighted by Gasteiger charge is 2.22. The summed E-state index contributed by atoms with van der Waals surface area (Å²) in [6.45, 7) is 3.61. The predicted octanol–water partition coefficient (Wildman–Crippen LogP) is 11.6. The van der Waals surface area contributed by atoms with Gasteiger partial charge in [0.1, 0.15) is 6.61 Å². The van der Waals surface area contributed by atoms with Crippen LogP contribution in [0.2, 0.25) is 0 Å². The lowest BCUT2D eigenvalue weighted by molar-refractivity contribution is -0.161. The van der Waals surface area contributed by atoms with Gasteiger partial charge in [0, 0.05) is 12.8 Å². The first-order valence-corrected chi connectivity index (χ1v) is 21.0. The zero-order valence-electron chi connectivity index (χ0n) is 31.1. The fraction of sp³-hybridized carbons (Fsp3) is 0.750. The van der Waals surface area contributed by atoms with Crippen molar-refractivity contribution in [2.24, 2.45) is 0 Å². The standard InChI is InChI=1S/C40H71O8P/c1-3-5-7-9-11-13-15-17-19-20-21-23-24-26-28-30-32-34-39(41)46-36-38(37-47-49(43,44)45)48-40(42)35-33-31-29-27-25-22-18-16-14-12-10-8-6-4-2/h11,13,16-19,21,23,38H,3-10,12,14-15,20,22,24-37H2,1-2H3,(H2,43,44,45)/b13-11+,18-16+,19-17+,23-21+/t38-/m1/s1. The molecule has 0 aliphatic carbocycles. The fourth-order valence-corrected chi connectivity index (χ4v) is 5.50. The second-order valence-electron chi connectivity index (χ2n) is 12.9. The van der Waals surface area contributed by atoms with Crippen molar-refractivity contribution in [2.45, 2.75) is 180 Å². The molecular formula is C40H71O8P. The molecule has 0 aromatic carbocycles. The van der Waals surface area contributed by atoms with Crippen LogP contribution < -0.4 is 0 Å². The molecule has 0 saturated heterocycles. The molecule has 0 saturated carbocycles. The number of rotatable bonds is 35. The van der Waals surface area contributed by atoms with E-state index in [1.165, 1.54) is 64.2 Å². The summed E-state index contributed by atoms with van der Waals surface area (Å²) in [5.74, 6) is -0.922. The Bertz CT molecular complexity index is 937.